The number of hydrogen-bond donors (Lipinski definition) is 1. The molecule has 0 saturated carbocycles. The number of amides is 1. The summed E-state index contributed by atoms with van der Waals surface area (Å²) in [6, 6.07) is 0. The highest BCUT2D eigenvalue weighted by molar-refractivity contribution is 5.75. The third-order valence-corrected chi connectivity index (χ3v) is 2.18. The number of aliphatic carboxylic acids is 1. The van der Waals surface area contributed by atoms with Crippen molar-refractivity contribution >= 4 is 11.9 Å². The maximum absolute atomic E-state index is 11.3. The SMILES string of the molecule is CCN(C)C(=O)CCCCCC(=O)O. The van der Waals surface area contributed by atoms with Gasteiger partial charge in [0.2, 0.25) is 5.91 Å². The number of carboxylic acids is 1. The lowest BCUT2D eigenvalue weighted by molar-refractivity contribution is -0.137. The van der Waals surface area contributed by atoms with Gasteiger partial charge in [-0.15, -0.1) is 0 Å². The van der Waals surface area contributed by atoms with E-state index in [0.29, 0.717) is 12.8 Å². The van der Waals surface area contributed by atoms with Gasteiger partial charge in [0.15, 0.2) is 0 Å². The van der Waals surface area contributed by atoms with Gasteiger partial charge in [-0.05, 0) is 19.8 Å². The van der Waals surface area contributed by atoms with E-state index in [2.05, 4.69) is 0 Å². The quantitative estimate of drug-likeness (QED) is 0.635. The molecule has 1 amide bonds. The van der Waals surface area contributed by atoms with Crippen LogP contribution in [0.2, 0.25) is 0 Å². The minimum Gasteiger partial charge on any atom is -0.481 e. The van der Waals surface area contributed by atoms with E-state index in [-0.39, 0.29) is 12.3 Å². The monoisotopic (exact) mass is 201 g/mol. The maximum atomic E-state index is 11.3. The maximum Gasteiger partial charge on any atom is 0.303 e. The first-order valence-corrected chi connectivity index (χ1v) is 5.03. The molecule has 0 atom stereocenters. The van der Waals surface area contributed by atoms with Gasteiger partial charge in [0.25, 0.3) is 0 Å². The van der Waals surface area contributed by atoms with Crippen LogP contribution in [0.1, 0.15) is 39.0 Å². The zero-order valence-corrected chi connectivity index (χ0v) is 8.95. The zero-order chi connectivity index (χ0) is 11.0. The van der Waals surface area contributed by atoms with Crippen LogP contribution in [0.4, 0.5) is 0 Å². The first-order chi connectivity index (χ1) is 6.57. The number of rotatable bonds is 7. The standard InChI is InChI=1S/C10H19NO3/c1-3-11(2)9(12)7-5-4-6-8-10(13)14/h3-8H2,1-2H3,(H,13,14). The molecule has 14 heavy (non-hydrogen) atoms. The lowest BCUT2D eigenvalue weighted by Gasteiger charge is -2.13. The Morgan fingerprint density at radius 1 is 1.14 bits per heavy atom. The summed E-state index contributed by atoms with van der Waals surface area (Å²) in [5.74, 6) is -0.621. The van der Waals surface area contributed by atoms with E-state index in [9.17, 15) is 9.59 Å². The number of nitrogens with zero attached hydrogens (tertiary/aromatic N) is 1. The summed E-state index contributed by atoms with van der Waals surface area (Å²) >= 11 is 0. The topological polar surface area (TPSA) is 57.6 Å². The molecule has 0 radical (unpaired) electrons. The molecule has 4 nitrogen and oxygen atoms in total. The molecular formula is C10H19NO3. The number of unbranched alkanes of at least 4 members (excludes halogenated alkanes) is 2. The minimum absolute atomic E-state index is 0.142. The molecule has 0 rings (SSSR count). The largest absolute Gasteiger partial charge is 0.481 e. The molecule has 0 aliphatic carbocycles. The molecule has 4 heteroatoms. The van der Waals surface area contributed by atoms with Gasteiger partial charge in [0.05, 0.1) is 0 Å². The molecule has 0 aromatic rings. The number of carbonyl (C=O) groups excluding carboxylic acids is 1. The Balaban J connectivity index is 3.36. The Bertz CT molecular complexity index is 192. The van der Waals surface area contributed by atoms with Crippen molar-refractivity contribution in [2.75, 3.05) is 13.6 Å². The summed E-state index contributed by atoms with van der Waals surface area (Å²) in [7, 11) is 1.78. The molecule has 0 spiro atoms. The van der Waals surface area contributed by atoms with Crippen molar-refractivity contribution in [2.45, 2.75) is 39.0 Å². The summed E-state index contributed by atoms with van der Waals surface area (Å²) < 4.78 is 0. The minimum atomic E-state index is -0.762. The van der Waals surface area contributed by atoms with E-state index in [1.165, 1.54) is 0 Å². The molecule has 0 fully saturated rings. The summed E-state index contributed by atoms with van der Waals surface area (Å²) in [5.41, 5.74) is 0. The Labute approximate surface area is 84.9 Å². The van der Waals surface area contributed by atoms with Crippen LogP contribution in [0.15, 0.2) is 0 Å². The summed E-state index contributed by atoms with van der Waals surface area (Å²) in [5, 5.41) is 8.37. The molecule has 1 N–H and O–H groups in total. The Morgan fingerprint density at radius 3 is 2.21 bits per heavy atom. The van der Waals surface area contributed by atoms with Crippen molar-refractivity contribution in [3.05, 3.63) is 0 Å². The molecule has 0 aromatic carbocycles. The van der Waals surface area contributed by atoms with Crippen LogP contribution in [-0.2, 0) is 9.59 Å². The highest BCUT2D eigenvalue weighted by Crippen LogP contribution is 2.04. The lowest BCUT2D eigenvalue weighted by Crippen LogP contribution is -2.25. The highest BCUT2D eigenvalue weighted by Gasteiger charge is 2.05. The molecule has 0 aliphatic rings. The van der Waals surface area contributed by atoms with Crippen LogP contribution in [0, 0.1) is 0 Å². The Kier molecular flexibility index (Phi) is 6.80. The fourth-order valence-electron chi connectivity index (χ4n) is 1.10. The van der Waals surface area contributed by atoms with Gasteiger partial charge in [-0.2, -0.15) is 0 Å². The van der Waals surface area contributed by atoms with Crippen LogP contribution in [0.5, 0.6) is 0 Å². The number of carbonyl (C=O) groups is 2. The van der Waals surface area contributed by atoms with E-state index >= 15 is 0 Å². The van der Waals surface area contributed by atoms with Crippen molar-refractivity contribution in [1.29, 1.82) is 0 Å². The fourth-order valence-corrected chi connectivity index (χ4v) is 1.10. The van der Waals surface area contributed by atoms with Gasteiger partial charge in [0, 0.05) is 26.4 Å². The molecule has 0 bridgehead atoms. The molecular weight excluding hydrogens is 182 g/mol. The first-order valence-electron chi connectivity index (χ1n) is 5.03. The van der Waals surface area contributed by atoms with Gasteiger partial charge < -0.3 is 10.0 Å². The van der Waals surface area contributed by atoms with E-state index in [0.717, 1.165) is 19.4 Å². The van der Waals surface area contributed by atoms with Crippen molar-refractivity contribution < 1.29 is 14.7 Å². The molecule has 0 unspecified atom stereocenters. The average molecular weight is 201 g/mol. The van der Waals surface area contributed by atoms with Crippen molar-refractivity contribution in [1.82, 2.24) is 4.90 Å². The van der Waals surface area contributed by atoms with Crippen LogP contribution >= 0.6 is 0 Å². The van der Waals surface area contributed by atoms with Gasteiger partial charge in [-0.25, -0.2) is 0 Å². The molecule has 0 aliphatic heterocycles. The number of hydrogen-bond acceptors (Lipinski definition) is 2. The molecule has 0 heterocycles. The summed E-state index contributed by atoms with van der Waals surface area (Å²) in [6.45, 7) is 2.66. The normalized spacial score (nSPS) is 9.86. The van der Waals surface area contributed by atoms with Gasteiger partial charge >= 0.3 is 5.97 Å². The third kappa shape index (κ3) is 6.46. The molecule has 0 aromatic heterocycles. The fraction of sp³-hybridized carbons (Fsp3) is 0.800. The number of carboxylic acid groups (broad SMARTS) is 1. The second-order valence-electron chi connectivity index (χ2n) is 3.36. The second kappa shape index (κ2) is 7.35. The van der Waals surface area contributed by atoms with Crippen LogP contribution in [0.3, 0.4) is 0 Å². The molecule has 82 valence electrons. The predicted octanol–water partition coefficient (Wildman–Crippen LogP) is 1.50. The predicted molar refractivity (Wildman–Crippen MR) is 54.0 cm³/mol. The highest BCUT2D eigenvalue weighted by atomic mass is 16.4. The van der Waals surface area contributed by atoms with E-state index in [4.69, 9.17) is 5.11 Å². The van der Waals surface area contributed by atoms with Crippen LogP contribution in [-0.4, -0.2) is 35.5 Å². The lowest BCUT2D eigenvalue weighted by atomic mass is 10.1. The summed E-state index contributed by atoms with van der Waals surface area (Å²) in [6.07, 6.45) is 3.01. The van der Waals surface area contributed by atoms with Gasteiger partial charge in [0.1, 0.15) is 0 Å². The van der Waals surface area contributed by atoms with Crippen molar-refractivity contribution in [2.24, 2.45) is 0 Å². The van der Waals surface area contributed by atoms with Gasteiger partial charge in [-0.3, -0.25) is 9.59 Å². The van der Waals surface area contributed by atoms with E-state index < -0.39 is 5.97 Å². The van der Waals surface area contributed by atoms with E-state index in [1.807, 2.05) is 6.92 Å². The second-order valence-corrected chi connectivity index (χ2v) is 3.36. The third-order valence-electron chi connectivity index (χ3n) is 2.18. The van der Waals surface area contributed by atoms with E-state index in [1.54, 1.807) is 11.9 Å². The zero-order valence-electron chi connectivity index (χ0n) is 8.95. The van der Waals surface area contributed by atoms with Crippen molar-refractivity contribution in [3.8, 4) is 0 Å². The summed E-state index contributed by atoms with van der Waals surface area (Å²) in [4.78, 5) is 23.1. The Hall–Kier alpha value is -1.06. The Morgan fingerprint density at radius 2 is 1.71 bits per heavy atom. The smallest absolute Gasteiger partial charge is 0.303 e. The van der Waals surface area contributed by atoms with Crippen molar-refractivity contribution in [3.63, 3.8) is 0 Å². The van der Waals surface area contributed by atoms with Crippen LogP contribution in [0.25, 0.3) is 0 Å². The van der Waals surface area contributed by atoms with Gasteiger partial charge in [-0.1, -0.05) is 6.42 Å². The average Bonchev–Trinajstić information content (AvgIpc) is 2.15. The first kappa shape index (κ1) is 12.9. The van der Waals surface area contributed by atoms with Crippen LogP contribution < -0.4 is 0 Å². The molecule has 0 saturated heterocycles.